The van der Waals surface area contributed by atoms with Gasteiger partial charge < -0.3 is 9.64 Å². The molecule has 84 valence electrons. The zero-order valence-electron chi connectivity index (χ0n) is 9.73. The van der Waals surface area contributed by atoms with Crippen LogP contribution in [0.15, 0.2) is 24.3 Å². The van der Waals surface area contributed by atoms with Gasteiger partial charge in [0.1, 0.15) is 0 Å². The molecule has 0 aromatic heterocycles. The normalized spacial score (nSPS) is 19.2. The van der Waals surface area contributed by atoms with Crippen molar-refractivity contribution in [2.75, 3.05) is 24.7 Å². The van der Waals surface area contributed by atoms with Gasteiger partial charge >= 0.3 is 0 Å². The van der Waals surface area contributed by atoms with E-state index in [1.54, 1.807) is 0 Å². The summed E-state index contributed by atoms with van der Waals surface area (Å²) in [6, 6.07) is 9.87. The summed E-state index contributed by atoms with van der Waals surface area (Å²) >= 11 is 0. The maximum Gasteiger partial charge on any atom is 0.0991 e. The van der Waals surface area contributed by atoms with Crippen LogP contribution in [0.5, 0.6) is 0 Å². The molecule has 0 saturated carbocycles. The Kier molecular flexibility index (Phi) is 2.84. The lowest BCUT2D eigenvalue weighted by molar-refractivity contribution is 0.0644. The van der Waals surface area contributed by atoms with E-state index >= 15 is 0 Å². The Bertz CT molecular complexity index is 403. The first-order chi connectivity index (χ1) is 7.63. The molecule has 0 amide bonds. The number of ether oxygens (including phenoxy) is 1. The lowest BCUT2D eigenvalue weighted by atomic mass is 10.0. The van der Waals surface area contributed by atoms with Crippen LogP contribution in [0.3, 0.4) is 0 Å². The summed E-state index contributed by atoms with van der Waals surface area (Å²) in [6.45, 7) is 6.75. The van der Waals surface area contributed by atoms with Crippen molar-refractivity contribution < 1.29 is 4.74 Å². The number of nitriles is 1. The van der Waals surface area contributed by atoms with E-state index in [0.717, 1.165) is 25.4 Å². The highest BCUT2D eigenvalue weighted by molar-refractivity contribution is 5.52. The number of nitrogens with zero attached hydrogens (tertiary/aromatic N) is 2. The smallest absolute Gasteiger partial charge is 0.0991 e. The molecule has 0 spiro atoms. The minimum atomic E-state index is 0.0202. The second kappa shape index (κ2) is 4.15. The minimum Gasteiger partial charge on any atom is -0.377 e. The average molecular weight is 216 g/mol. The third-order valence-corrected chi connectivity index (χ3v) is 2.95. The second-order valence-electron chi connectivity index (χ2n) is 4.68. The van der Waals surface area contributed by atoms with Gasteiger partial charge in [0.2, 0.25) is 0 Å². The molecule has 1 saturated heterocycles. The number of morpholine rings is 1. The fraction of sp³-hybridized carbons (Fsp3) is 0.462. The van der Waals surface area contributed by atoms with Gasteiger partial charge in [-0.05, 0) is 38.1 Å². The first-order valence-electron chi connectivity index (χ1n) is 5.49. The van der Waals surface area contributed by atoms with Crippen molar-refractivity contribution in [2.45, 2.75) is 19.4 Å². The molecule has 16 heavy (non-hydrogen) atoms. The number of benzene rings is 1. The highest BCUT2D eigenvalue weighted by atomic mass is 16.5. The van der Waals surface area contributed by atoms with Crippen LogP contribution in [0.4, 0.5) is 5.69 Å². The van der Waals surface area contributed by atoms with Crippen molar-refractivity contribution in [2.24, 2.45) is 0 Å². The summed E-state index contributed by atoms with van der Waals surface area (Å²) < 4.78 is 5.49. The van der Waals surface area contributed by atoms with Gasteiger partial charge in [-0.15, -0.1) is 0 Å². The Labute approximate surface area is 96.2 Å². The van der Waals surface area contributed by atoms with Gasteiger partial charge in [-0.3, -0.25) is 0 Å². The topological polar surface area (TPSA) is 36.3 Å². The Hall–Kier alpha value is -1.53. The molecule has 0 N–H and O–H groups in total. The van der Waals surface area contributed by atoms with E-state index in [1.165, 1.54) is 0 Å². The second-order valence-corrected chi connectivity index (χ2v) is 4.68. The molecule has 1 fully saturated rings. The molecule has 0 atom stereocenters. The highest BCUT2D eigenvalue weighted by Crippen LogP contribution is 2.26. The van der Waals surface area contributed by atoms with Gasteiger partial charge in [-0.2, -0.15) is 5.26 Å². The molecule has 0 aliphatic carbocycles. The standard InChI is InChI=1S/C13H16N2O/c1-13(2)10-16-8-7-15(13)12-5-3-11(9-14)4-6-12/h3-6H,7-8,10H2,1-2H3. The summed E-state index contributed by atoms with van der Waals surface area (Å²) in [5.41, 5.74) is 1.88. The SMILES string of the molecule is CC1(C)COCCN1c1ccc(C#N)cc1. The molecular weight excluding hydrogens is 200 g/mol. The third kappa shape index (κ3) is 2.02. The van der Waals surface area contributed by atoms with Crippen LogP contribution in [-0.4, -0.2) is 25.3 Å². The molecule has 3 heteroatoms. The Morgan fingerprint density at radius 2 is 2.00 bits per heavy atom. The maximum absolute atomic E-state index is 8.76. The van der Waals surface area contributed by atoms with Crippen molar-refractivity contribution in [3.05, 3.63) is 29.8 Å². The van der Waals surface area contributed by atoms with E-state index in [4.69, 9.17) is 10.00 Å². The van der Waals surface area contributed by atoms with E-state index < -0.39 is 0 Å². The van der Waals surface area contributed by atoms with Crippen molar-refractivity contribution in [3.8, 4) is 6.07 Å². The first kappa shape index (κ1) is 11.0. The summed E-state index contributed by atoms with van der Waals surface area (Å²) in [5.74, 6) is 0. The summed E-state index contributed by atoms with van der Waals surface area (Å²) in [4.78, 5) is 2.33. The number of hydrogen-bond acceptors (Lipinski definition) is 3. The predicted molar refractivity (Wildman–Crippen MR) is 63.4 cm³/mol. The molecule has 1 aliphatic rings. The number of hydrogen-bond donors (Lipinski definition) is 0. The summed E-state index contributed by atoms with van der Waals surface area (Å²) in [5, 5.41) is 8.76. The zero-order chi connectivity index (χ0) is 11.6. The summed E-state index contributed by atoms with van der Waals surface area (Å²) in [7, 11) is 0. The fourth-order valence-corrected chi connectivity index (χ4v) is 2.05. The number of anilines is 1. The molecule has 2 rings (SSSR count). The van der Waals surface area contributed by atoms with E-state index in [-0.39, 0.29) is 5.54 Å². The monoisotopic (exact) mass is 216 g/mol. The lowest BCUT2D eigenvalue weighted by Crippen LogP contribution is -2.53. The quantitative estimate of drug-likeness (QED) is 0.722. The van der Waals surface area contributed by atoms with Crippen LogP contribution in [0, 0.1) is 11.3 Å². The molecule has 0 unspecified atom stereocenters. The third-order valence-electron chi connectivity index (χ3n) is 2.95. The molecule has 0 radical (unpaired) electrons. The fourth-order valence-electron chi connectivity index (χ4n) is 2.05. The van der Waals surface area contributed by atoms with E-state index in [2.05, 4.69) is 24.8 Å². The van der Waals surface area contributed by atoms with Crippen molar-refractivity contribution >= 4 is 5.69 Å². The van der Waals surface area contributed by atoms with Crippen molar-refractivity contribution in [3.63, 3.8) is 0 Å². The van der Waals surface area contributed by atoms with Crippen LogP contribution >= 0.6 is 0 Å². The first-order valence-corrected chi connectivity index (χ1v) is 5.49. The van der Waals surface area contributed by atoms with Crippen LogP contribution in [0.25, 0.3) is 0 Å². The van der Waals surface area contributed by atoms with Crippen LogP contribution in [0.1, 0.15) is 19.4 Å². The molecule has 1 heterocycles. The van der Waals surface area contributed by atoms with E-state index in [1.807, 2.05) is 24.3 Å². The average Bonchev–Trinajstić information content (AvgIpc) is 2.29. The highest BCUT2D eigenvalue weighted by Gasteiger charge is 2.30. The Balaban J connectivity index is 2.25. The van der Waals surface area contributed by atoms with Crippen LogP contribution in [-0.2, 0) is 4.74 Å². The molecule has 1 aliphatic heterocycles. The maximum atomic E-state index is 8.76. The Morgan fingerprint density at radius 3 is 2.56 bits per heavy atom. The minimum absolute atomic E-state index is 0.0202. The van der Waals surface area contributed by atoms with Gasteiger partial charge in [-0.1, -0.05) is 0 Å². The van der Waals surface area contributed by atoms with Gasteiger partial charge in [0.05, 0.1) is 30.4 Å². The summed E-state index contributed by atoms with van der Waals surface area (Å²) in [6.07, 6.45) is 0. The van der Waals surface area contributed by atoms with Crippen molar-refractivity contribution in [1.82, 2.24) is 0 Å². The van der Waals surface area contributed by atoms with Gasteiger partial charge in [-0.25, -0.2) is 0 Å². The van der Waals surface area contributed by atoms with Crippen LogP contribution in [0.2, 0.25) is 0 Å². The zero-order valence-corrected chi connectivity index (χ0v) is 9.73. The molecule has 3 nitrogen and oxygen atoms in total. The van der Waals surface area contributed by atoms with Gasteiger partial charge in [0, 0.05) is 12.2 Å². The molecule has 0 bridgehead atoms. The van der Waals surface area contributed by atoms with Crippen LogP contribution < -0.4 is 4.90 Å². The van der Waals surface area contributed by atoms with Crippen molar-refractivity contribution in [1.29, 1.82) is 5.26 Å². The number of rotatable bonds is 1. The predicted octanol–water partition coefficient (Wildman–Crippen LogP) is 2.17. The molecule has 1 aromatic carbocycles. The lowest BCUT2D eigenvalue weighted by Gasteiger charge is -2.43. The Morgan fingerprint density at radius 1 is 1.31 bits per heavy atom. The van der Waals surface area contributed by atoms with E-state index in [0.29, 0.717) is 5.56 Å². The van der Waals surface area contributed by atoms with E-state index in [9.17, 15) is 0 Å². The van der Waals surface area contributed by atoms with Gasteiger partial charge in [0.15, 0.2) is 0 Å². The largest absolute Gasteiger partial charge is 0.377 e. The van der Waals surface area contributed by atoms with Gasteiger partial charge in [0.25, 0.3) is 0 Å². The molecule has 1 aromatic rings. The molecular formula is C13H16N2O.